The quantitative estimate of drug-likeness (QED) is 0.312. The van der Waals surface area contributed by atoms with E-state index in [2.05, 4.69) is 45.5 Å². The Kier molecular flexibility index (Phi) is 12.4. The highest BCUT2D eigenvalue weighted by molar-refractivity contribution is 5.75. The molecule has 0 spiro atoms. The lowest BCUT2D eigenvalue weighted by atomic mass is 10.1. The van der Waals surface area contributed by atoms with Crippen molar-refractivity contribution in [3.63, 3.8) is 0 Å². The number of nitrogens with zero attached hydrogens (tertiary/aromatic N) is 1. The third-order valence-electron chi connectivity index (χ3n) is 3.50. The molecule has 0 bridgehead atoms. The zero-order valence-electron chi connectivity index (χ0n) is 14.8. The topological polar surface area (TPSA) is 29.1 Å². The van der Waals surface area contributed by atoms with Gasteiger partial charge in [0, 0.05) is 19.4 Å². The van der Waals surface area contributed by atoms with Crippen LogP contribution in [0, 0.1) is 0 Å². The van der Waals surface area contributed by atoms with Crippen LogP contribution in [0.2, 0.25) is 0 Å². The normalized spacial score (nSPS) is 12.0. The Morgan fingerprint density at radius 1 is 0.952 bits per heavy atom. The molecule has 0 aliphatic rings. The number of quaternary nitrogens is 1. The zero-order chi connectivity index (χ0) is 16.0. The SMILES string of the molecule is CC/C=C/CCCCCCCC(=O)NCCC[N+](C)(C)C. The van der Waals surface area contributed by atoms with Crippen molar-refractivity contribution in [1.29, 1.82) is 0 Å². The monoisotopic (exact) mass is 297 g/mol. The minimum atomic E-state index is 0.224. The Labute approximate surface area is 132 Å². The summed E-state index contributed by atoms with van der Waals surface area (Å²) in [4.78, 5) is 11.6. The van der Waals surface area contributed by atoms with Crippen LogP contribution in [0.4, 0.5) is 0 Å². The number of allylic oxidation sites excluding steroid dienone is 2. The molecule has 124 valence electrons. The number of unbranched alkanes of at least 4 members (excludes halogenated alkanes) is 5. The van der Waals surface area contributed by atoms with Gasteiger partial charge in [0.25, 0.3) is 0 Å². The Morgan fingerprint density at radius 2 is 1.62 bits per heavy atom. The van der Waals surface area contributed by atoms with Gasteiger partial charge in [0.15, 0.2) is 0 Å². The van der Waals surface area contributed by atoms with E-state index in [1.807, 2.05) is 0 Å². The predicted molar refractivity (Wildman–Crippen MR) is 92.3 cm³/mol. The molecule has 21 heavy (non-hydrogen) atoms. The molecule has 0 rings (SSSR count). The first-order valence-electron chi connectivity index (χ1n) is 8.68. The molecular formula is C18H37N2O+. The van der Waals surface area contributed by atoms with Gasteiger partial charge in [-0.25, -0.2) is 0 Å². The lowest BCUT2D eigenvalue weighted by Crippen LogP contribution is -2.37. The summed E-state index contributed by atoms with van der Waals surface area (Å²) in [6.07, 6.45) is 14.7. The van der Waals surface area contributed by atoms with Gasteiger partial charge in [-0.2, -0.15) is 0 Å². The van der Waals surface area contributed by atoms with Crippen LogP contribution in [0.25, 0.3) is 0 Å². The number of hydrogen-bond donors (Lipinski definition) is 1. The first-order valence-corrected chi connectivity index (χ1v) is 8.68. The second kappa shape index (κ2) is 12.9. The van der Waals surface area contributed by atoms with E-state index in [4.69, 9.17) is 0 Å². The predicted octanol–water partition coefficient (Wildman–Crippen LogP) is 3.90. The summed E-state index contributed by atoms with van der Waals surface area (Å²) in [5.41, 5.74) is 0. The Morgan fingerprint density at radius 3 is 2.29 bits per heavy atom. The fourth-order valence-corrected chi connectivity index (χ4v) is 2.23. The van der Waals surface area contributed by atoms with Crippen LogP contribution >= 0.6 is 0 Å². The molecule has 0 aromatic heterocycles. The Hall–Kier alpha value is -0.830. The maximum absolute atomic E-state index is 11.6. The highest BCUT2D eigenvalue weighted by atomic mass is 16.1. The fourth-order valence-electron chi connectivity index (χ4n) is 2.23. The van der Waals surface area contributed by atoms with Gasteiger partial charge in [-0.1, -0.05) is 38.3 Å². The zero-order valence-corrected chi connectivity index (χ0v) is 14.8. The summed E-state index contributed by atoms with van der Waals surface area (Å²) < 4.78 is 0.962. The van der Waals surface area contributed by atoms with Crippen LogP contribution in [-0.4, -0.2) is 44.6 Å². The van der Waals surface area contributed by atoms with Gasteiger partial charge in [0.05, 0.1) is 27.7 Å². The van der Waals surface area contributed by atoms with Gasteiger partial charge in [0.2, 0.25) is 5.91 Å². The minimum Gasteiger partial charge on any atom is -0.356 e. The van der Waals surface area contributed by atoms with Crippen LogP contribution in [0.3, 0.4) is 0 Å². The standard InChI is InChI=1S/C18H36N2O/c1-5-6-7-8-9-10-11-12-13-15-18(21)19-16-14-17-20(2,3)4/h6-7H,5,8-17H2,1-4H3/p+1/b7-6+. The van der Waals surface area contributed by atoms with Gasteiger partial charge >= 0.3 is 0 Å². The van der Waals surface area contributed by atoms with Gasteiger partial charge < -0.3 is 9.80 Å². The highest BCUT2D eigenvalue weighted by Crippen LogP contribution is 2.07. The minimum absolute atomic E-state index is 0.224. The number of hydrogen-bond acceptors (Lipinski definition) is 1. The summed E-state index contributed by atoms with van der Waals surface area (Å²) in [6, 6.07) is 0. The van der Waals surface area contributed by atoms with E-state index in [9.17, 15) is 4.79 Å². The molecule has 1 N–H and O–H groups in total. The number of carbonyl (C=O) groups excluding carboxylic acids is 1. The first-order chi connectivity index (χ1) is 9.95. The van der Waals surface area contributed by atoms with Crippen LogP contribution in [0.1, 0.15) is 64.7 Å². The van der Waals surface area contributed by atoms with E-state index in [0.29, 0.717) is 6.42 Å². The maximum atomic E-state index is 11.6. The molecule has 0 atom stereocenters. The number of carbonyl (C=O) groups is 1. The van der Waals surface area contributed by atoms with Crippen molar-refractivity contribution in [1.82, 2.24) is 5.32 Å². The van der Waals surface area contributed by atoms with Gasteiger partial charge in [-0.3, -0.25) is 4.79 Å². The van der Waals surface area contributed by atoms with E-state index in [1.165, 1.54) is 32.1 Å². The van der Waals surface area contributed by atoms with Crippen molar-refractivity contribution in [3.8, 4) is 0 Å². The van der Waals surface area contributed by atoms with E-state index in [1.54, 1.807) is 0 Å². The Bertz CT molecular complexity index is 279. The van der Waals surface area contributed by atoms with Crippen LogP contribution < -0.4 is 5.32 Å². The largest absolute Gasteiger partial charge is 0.356 e. The van der Waals surface area contributed by atoms with E-state index >= 15 is 0 Å². The summed E-state index contributed by atoms with van der Waals surface area (Å²) in [6.45, 7) is 4.09. The number of rotatable bonds is 13. The molecule has 0 radical (unpaired) electrons. The maximum Gasteiger partial charge on any atom is 0.219 e. The molecule has 0 heterocycles. The van der Waals surface area contributed by atoms with Gasteiger partial charge in [-0.05, 0) is 25.7 Å². The average molecular weight is 298 g/mol. The number of nitrogens with one attached hydrogen (secondary N) is 1. The molecule has 0 aliphatic carbocycles. The third-order valence-corrected chi connectivity index (χ3v) is 3.50. The van der Waals surface area contributed by atoms with E-state index in [0.717, 1.165) is 36.8 Å². The molecule has 0 unspecified atom stereocenters. The summed E-state index contributed by atoms with van der Waals surface area (Å²) in [5.74, 6) is 0.224. The van der Waals surface area contributed by atoms with Crippen LogP contribution in [0.5, 0.6) is 0 Å². The highest BCUT2D eigenvalue weighted by Gasteiger charge is 2.06. The summed E-state index contributed by atoms with van der Waals surface area (Å²) in [5, 5.41) is 3.02. The molecule has 1 amide bonds. The molecule has 0 saturated heterocycles. The average Bonchev–Trinajstić information content (AvgIpc) is 2.41. The van der Waals surface area contributed by atoms with Crippen molar-refractivity contribution in [2.24, 2.45) is 0 Å². The van der Waals surface area contributed by atoms with Crippen LogP contribution in [0.15, 0.2) is 12.2 Å². The molecular weight excluding hydrogens is 260 g/mol. The van der Waals surface area contributed by atoms with Crippen molar-refractivity contribution >= 4 is 5.91 Å². The number of amides is 1. The lowest BCUT2D eigenvalue weighted by molar-refractivity contribution is -0.870. The van der Waals surface area contributed by atoms with Crippen molar-refractivity contribution in [2.45, 2.75) is 64.7 Å². The van der Waals surface area contributed by atoms with Crippen LogP contribution in [-0.2, 0) is 4.79 Å². The molecule has 3 heteroatoms. The van der Waals surface area contributed by atoms with Crippen molar-refractivity contribution in [3.05, 3.63) is 12.2 Å². The molecule has 0 aromatic rings. The summed E-state index contributed by atoms with van der Waals surface area (Å²) in [7, 11) is 6.54. The third kappa shape index (κ3) is 17.1. The Balaban J connectivity index is 3.29. The van der Waals surface area contributed by atoms with E-state index < -0.39 is 0 Å². The molecule has 0 saturated carbocycles. The van der Waals surface area contributed by atoms with Crippen molar-refractivity contribution in [2.75, 3.05) is 34.2 Å². The fraction of sp³-hybridized carbons (Fsp3) is 0.833. The first kappa shape index (κ1) is 20.2. The molecule has 0 aromatic carbocycles. The van der Waals surface area contributed by atoms with E-state index in [-0.39, 0.29) is 5.91 Å². The molecule has 0 fully saturated rings. The molecule has 0 aliphatic heterocycles. The smallest absolute Gasteiger partial charge is 0.219 e. The second-order valence-corrected chi connectivity index (χ2v) is 6.90. The van der Waals surface area contributed by atoms with Gasteiger partial charge in [0.1, 0.15) is 0 Å². The lowest BCUT2D eigenvalue weighted by Gasteiger charge is -2.23. The second-order valence-electron chi connectivity index (χ2n) is 6.90. The van der Waals surface area contributed by atoms with Gasteiger partial charge in [-0.15, -0.1) is 0 Å². The van der Waals surface area contributed by atoms with Crippen molar-refractivity contribution < 1.29 is 9.28 Å². The molecule has 3 nitrogen and oxygen atoms in total. The summed E-state index contributed by atoms with van der Waals surface area (Å²) >= 11 is 0.